The molecule has 2 aromatic carbocycles. The number of aryl methyl sites for hydroxylation is 1. The number of fused-ring (bicyclic) bond motifs is 1. The van der Waals surface area contributed by atoms with Crippen LogP contribution in [0.3, 0.4) is 0 Å². The van der Waals surface area contributed by atoms with Gasteiger partial charge >= 0.3 is 0 Å². The van der Waals surface area contributed by atoms with Crippen molar-refractivity contribution in [2.24, 2.45) is 17.4 Å². The summed E-state index contributed by atoms with van der Waals surface area (Å²) < 4.78 is 32.5. The minimum absolute atomic E-state index is 0.0498. The lowest BCUT2D eigenvalue weighted by Gasteiger charge is -2.33. The summed E-state index contributed by atoms with van der Waals surface area (Å²) in [5, 5.41) is 8.71. The molecule has 1 saturated heterocycles. The van der Waals surface area contributed by atoms with Gasteiger partial charge in [0.15, 0.2) is 5.96 Å². The Balaban J connectivity index is 1.81. The average molecular weight is 609 g/mol. The standard InChI is InChI=1S/C24H29IN6O3S/c25-19-8-2-4-10-21(19)35(33,34)29-23-18(11-12-22(26)32)17-7-1-3-9-20(17)31(23)15-16-6-5-13-30(14-16)24(27)28/h1-4,7-10,16,29H,5-6,11-15H2,(H2,26,32)(H3,27,28)/t16-/m1/s1. The molecule has 11 heteroatoms. The molecule has 1 amide bonds. The van der Waals surface area contributed by atoms with Gasteiger partial charge in [0, 0.05) is 46.1 Å². The van der Waals surface area contributed by atoms with E-state index >= 15 is 0 Å². The van der Waals surface area contributed by atoms with Crippen molar-refractivity contribution in [1.29, 1.82) is 5.41 Å². The monoisotopic (exact) mass is 608 g/mol. The minimum atomic E-state index is -3.90. The number of para-hydroxylation sites is 1. The van der Waals surface area contributed by atoms with Crippen molar-refractivity contribution < 1.29 is 13.2 Å². The van der Waals surface area contributed by atoms with Gasteiger partial charge in [-0.2, -0.15) is 0 Å². The summed E-state index contributed by atoms with van der Waals surface area (Å²) in [6.45, 7) is 1.92. The number of carbonyl (C=O) groups is 1. The van der Waals surface area contributed by atoms with Gasteiger partial charge in [0.05, 0.1) is 0 Å². The number of nitrogens with zero attached hydrogens (tertiary/aromatic N) is 2. The molecule has 1 aliphatic heterocycles. The van der Waals surface area contributed by atoms with E-state index < -0.39 is 15.9 Å². The van der Waals surface area contributed by atoms with E-state index in [0.717, 1.165) is 35.9 Å². The van der Waals surface area contributed by atoms with Gasteiger partial charge < -0.3 is 20.9 Å². The third-order valence-electron chi connectivity index (χ3n) is 6.35. The second-order valence-electron chi connectivity index (χ2n) is 8.80. The van der Waals surface area contributed by atoms with Gasteiger partial charge in [-0.1, -0.05) is 30.3 Å². The Kier molecular flexibility index (Phi) is 7.55. The second kappa shape index (κ2) is 10.4. The Bertz CT molecular complexity index is 1370. The van der Waals surface area contributed by atoms with Crippen molar-refractivity contribution in [1.82, 2.24) is 9.47 Å². The number of benzene rings is 2. The van der Waals surface area contributed by atoms with E-state index in [1.165, 1.54) is 0 Å². The highest BCUT2D eigenvalue weighted by Crippen LogP contribution is 2.35. The first kappa shape index (κ1) is 25.3. The topological polar surface area (TPSA) is 147 Å². The quantitative estimate of drug-likeness (QED) is 0.176. The number of guanidine groups is 1. The molecule has 0 unspecified atom stereocenters. The number of aromatic nitrogens is 1. The molecule has 0 bridgehead atoms. The number of anilines is 1. The molecule has 0 spiro atoms. The van der Waals surface area contributed by atoms with Crippen molar-refractivity contribution in [3.8, 4) is 0 Å². The molecule has 1 aromatic heterocycles. The number of sulfonamides is 1. The molecule has 3 aromatic rings. The number of piperidine rings is 1. The van der Waals surface area contributed by atoms with Crippen LogP contribution in [-0.4, -0.2) is 42.8 Å². The molecule has 4 rings (SSSR count). The molecule has 2 heterocycles. The Morgan fingerprint density at radius 2 is 1.86 bits per heavy atom. The van der Waals surface area contributed by atoms with Gasteiger partial charge in [0.25, 0.3) is 10.0 Å². The van der Waals surface area contributed by atoms with E-state index in [4.69, 9.17) is 16.9 Å². The largest absolute Gasteiger partial charge is 0.370 e. The van der Waals surface area contributed by atoms with E-state index in [1.807, 2.05) is 56.3 Å². The highest BCUT2D eigenvalue weighted by molar-refractivity contribution is 14.1. The minimum Gasteiger partial charge on any atom is -0.370 e. The fraction of sp³-hybridized carbons (Fsp3) is 0.333. The molecule has 1 atom stereocenters. The third kappa shape index (κ3) is 5.56. The summed E-state index contributed by atoms with van der Waals surface area (Å²) >= 11 is 2.01. The number of rotatable bonds is 8. The van der Waals surface area contributed by atoms with Gasteiger partial charge in [-0.15, -0.1) is 0 Å². The number of hydrogen-bond donors (Lipinski definition) is 4. The number of nitrogens with one attached hydrogen (secondary N) is 2. The predicted octanol–water partition coefficient (Wildman–Crippen LogP) is 3.07. The Morgan fingerprint density at radius 1 is 1.14 bits per heavy atom. The van der Waals surface area contributed by atoms with E-state index in [-0.39, 0.29) is 23.2 Å². The van der Waals surface area contributed by atoms with Crippen LogP contribution in [0.5, 0.6) is 0 Å². The molecule has 9 nitrogen and oxygen atoms in total. The van der Waals surface area contributed by atoms with Crippen LogP contribution in [0.15, 0.2) is 53.4 Å². The highest BCUT2D eigenvalue weighted by atomic mass is 127. The fourth-order valence-corrected chi connectivity index (χ4v) is 7.16. The maximum Gasteiger partial charge on any atom is 0.264 e. The van der Waals surface area contributed by atoms with Crippen LogP contribution in [0.4, 0.5) is 5.82 Å². The summed E-state index contributed by atoms with van der Waals surface area (Å²) in [6.07, 6.45) is 2.26. The summed E-state index contributed by atoms with van der Waals surface area (Å²) in [5.41, 5.74) is 12.8. The molecule has 0 aliphatic carbocycles. The Morgan fingerprint density at radius 3 is 2.57 bits per heavy atom. The van der Waals surface area contributed by atoms with Crippen molar-refractivity contribution in [3.05, 3.63) is 57.7 Å². The maximum atomic E-state index is 13.5. The number of hydrogen-bond acceptors (Lipinski definition) is 4. The number of nitrogens with two attached hydrogens (primary N) is 2. The maximum absolute atomic E-state index is 13.5. The first-order valence-corrected chi connectivity index (χ1v) is 14.0. The lowest BCUT2D eigenvalue weighted by molar-refractivity contribution is -0.117. The number of likely N-dealkylation sites (tertiary alicyclic amines) is 1. The highest BCUT2D eigenvalue weighted by Gasteiger charge is 2.27. The number of amides is 1. The molecule has 1 aliphatic rings. The first-order chi connectivity index (χ1) is 16.7. The average Bonchev–Trinajstić information content (AvgIpc) is 3.09. The van der Waals surface area contributed by atoms with E-state index in [1.54, 1.807) is 24.3 Å². The lowest BCUT2D eigenvalue weighted by atomic mass is 9.98. The zero-order valence-electron chi connectivity index (χ0n) is 19.2. The smallest absolute Gasteiger partial charge is 0.264 e. The van der Waals surface area contributed by atoms with E-state index in [9.17, 15) is 13.2 Å². The fourth-order valence-electron chi connectivity index (χ4n) is 4.72. The summed E-state index contributed by atoms with van der Waals surface area (Å²) in [4.78, 5) is 13.7. The van der Waals surface area contributed by atoms with Gasteiger partial charge in [-0.25, -0.2) is 8.42 Å². The van der Waals surface area contributed by atoms with Crippen LogP contribution in [0.25, 0.3) is 10.9 Å². The molecule has 0 radical (unpaired) electrons. The summed E-state index contributed by atoms with van der Waals surface area (Å²) in [6, 6.07) is 14.5. The summed E-state index contributed by atoms with van der Waals surface area (Å²) in [7, 11) is -3.90. The number of halogens is 1. The Labute approximate surface area is 218 Å². The van der Waals surface area contributed by atoms with Crippen LogP contribution in [0, 0.1) is 14.9 Å². The van der Waals surface area contributed by atoms with Crippen LogP contribution in [0.1, 0.15) is 24.8 Å². The molecule has 35 heavy (non-hydrogen) atoms. The molecule has 1 fully saturated rings. The zero-order valence-corrected chi connectivity index (χ0v) is 22.2. The van der Waals surface area contributed by atoms with Gasteiger partial charge in [-0.05, 0) is 66.0 Å². The molecular weight excluding hydrogens is 579 g/mol. The summed E-state index contributed by atoms with van der Waals surface area (Å²) in [5.74, 6) is 0.228. The van der Waals surface area contributed by atoms with Crippen LogP contribution in [0.2, 0.25) is 0 Å². The zero-order chi connectivity index (χ0) is 25.2. The van der Waals surface area contributed by atoms with E-state index in [0.29, 0.717) is 28.9 Å². The van der Waals surface area contributed by atoms with Crippen LogP contribution >= 0.6 is 22.6 Å². The predicted molar refractivity (Wildman–Crippen MR) is 146 cm³/mol. The van der Waals surface area contributed by atoms with Crippen LogP contribution < -0.4 is 16.2 Å². The molecular formula is C24H29IN6O3S. The van der Waals surface area contributed by atoms with Crippen molar-refractivity contribution in [2.45, 2.75) is 37.1 Å². The van der Waals surface area contributed by atoms with E-state index in [2.05, 4.69) is 4.72 Å². The number of primary amides is 1. The normalized spacial score (nSPS) is 16.4. The van der Waals surface area contributed by atoms with Gasteiger partial charge in [0.2, 0.25) is 5.91 Å². The molecule has 0 saturated carbocycles. The first-order valence-electron chi connectivity index (χ1n) is 11.4. The third-order valence-corrected chi connectivity index (χ3v) is 9.06. The van der Waals surface area contributed by atoms with Gasteiger partial charge in [0.1, 0.15) is 10.7 Å². The van der Waals surface area contributed by atoms with Crippen molar-refractivity contribution in [2.75, 3.05) is 17.8 Å². The lowest BCUT2D eigenvalue weighted by Crippen LogP contribution is -2.44. The SMILES string of the molecule is N=C(N)N1CCC[C@@H](Cn2c(NS(=O)(=O)c3ccccc3I)c(CCC(N)=O)c3ccccc32)C1. The molecule has 186 valence electrons. The van der Waals surface area contributed by atoms with Gasteiger partial charge in [-0.3, -0.25) is 14.9 Å². The van der Waals surface area contributed by atoms with Crippen LogP contribution in [-0.2, 0) is 27.8 Å². The second-order valence-corrected chi connectivity index (χ2v) is 11.6. The van der Waals surface area contributed by atoms with Crippen molar-refractivity contribution >= 4 is 61.2 Å². The van der Waals surface area contributed by atoms with Crippen molar-refractivity contribution in [3.63, 3.8) is 0 Å². The molecule has 6 N–H and O–H groups in total. The number of carbonyl (C=O) groups excluding carboxylic acids is 1. The Hall–Kier alpha value is -2.80.